The number of pyridine rings is 1. The maximum absolute atomic E-state index is 13.1. The molecule has 0 radical (unpaired) electrons. The summed E-state index contributed by atoms with van der Waals surface area (Å²) in [6.07, 6.45) is 10.2. The Labute approximate surface area is 202 Å². The van der Waals surface area contributed by atoms with Crippen LogP contribution in [0.25, 0.3) is 15.8 Å². The summed E-state index contributed by atoms with van der Waals surface area (Å²) in [5, 5.41) is 13.3. The molecule has 2 N–H and O–H groups in total. The zero-order chi connectivity index (χ0) is 23.5. The smallest absolute Gasteiger partial charge is 0.255 e. The van der Waals surface area contributed by atoms with E-state index in [0.29, 0.717) is 44.2 Å². The minimum absolute atomic E-state index is 0.0105. The van der Waals surface area contributed by atoms with Crippen molar-refractivity contribution >= 4 is 44.8 Å². The number of anilines is 2. The lowest BCUT2D eigenvalue weighted by Crippen LogP contribution is -2.49. The standard InChI is InChI=1S/C25H28N6O2S/c1-17-15-20-22(28-25(26-9-14-32)29-23(20)34-17)30-10-12-31(13-11-30)24(33)19-7-8-21(27-16-19)18-5-3-2-4-6-18/h3,5-8,15-16,32H,2,4,9-14H2,1H3,(H,26,28,29). The largest absolute Gasteiger partial charge is 0.395 e. The highest BCUT2D eigenvalue weighted by atomic mass is 32.1. The van der Waals surface area contributed by atoms with Crippen LogP contribution in [0.2, 0.25) is 0 Å². The van der Waals surface area contributed by atoms with E-state index in [1.807, 2.05) is 17.0 Å². The maximum Gasteiger partial charge on any atom is 0.255 e. The molecule has 1 fully saturated rings. The summed E-state index contributed by atoms with van der Waals surface area (Å²) >= 11 is 1.63. The van der Waals surface area contributed by atoms with Gasteiger partial charge in [-0.25, -0.2) is 4.98 Å². The van der Waals surface area contributed by atoms with Crippen molar-refractivity contribution in [3.8, 4) is 0 Å². The van der Waals surface area contributed by atoms with Gasteiger partial charge < -0.3 is 20.2 Å². The summed E-state index contributed by atoms with van der Waals surface area (Å²) in [6, 6.07) is 5.93. The second-order valence-corrected chi connectivity index (χ2v) is 9.68. The minimum Gasteiger partial charge on any atom is -0.395 e. The number of aryl methyl sites for hydroxylation is 1. The summed E-state index contributed by atoms with van der Waals surface area (Å²) in [5.74, 6) is 1.41. The molecule has 0 aromatic carbocycles. The topological polar surface area (TPSA) is 94.5 Å². The third-order valence-electron chi connectivity index (χ3n) is 6.06. The Morgan fingerprint density at radius 1 is 1.18 bits per heavy atom. The average Bonchev–Trinajstić information content (AvgIpc) is 3.27. The quantitative estimate of drug-likeness (QED) is 0.562. The Kier molecular flexibility index (Phi) is 6.55. The van der Waals surface area contributed by atoms with Gasteiger partial charge in [0.15, 0.2) is 0 Å². The second-order valence-electron chi connectivity index (χ2n) is 8.45. The fraction of sp³-hybridized carbons (Fsp3) is 0.360. The first kappa shape index (κ1) is 22.5. The monoisotopic (exact) mass is 476 g/mol. The van der Waals surface area contributed by atoms with Crippen LogP contribution in [0.3, 0.4) is 0 Å². The number of nitrogens with one attached hydrogen (secondary N) is 1. The first-order valence-corrected chi connectivity index (χ1v) is 12.4. The SMILES string of the molecule is Cc1cc2c(N3CCN(C(=O)c4ccc(C5=CCCC=C5)nc4)CC3)nc(NCCO)nc2s1. The van der Waals surface area contributed by atoms with Gasteiger partial charge in [0.1, 0.15) is 10.6 Å². The van der Waals surface area contributed by atoms with Gasteiger partial charge in [-0.15, -0.1) is 11.3 Å². The number of amides is 1. The van der Waals surface area contributed by atoms with E-state index in [9.17, 15) is 4.79 Å². The molecule has 2 aliphatic rings. The maximum atomic E-state index is 13.1. The average molecular weight is 477 g/mol. The zero-order valence-corrected chi connectivity index (χ0v) is 20.0. The normalized spacial score (nSPS) is 16.1. The van der Waals surface area contributed by atoms with Gasteiger partial charge in [0, 0.05) is 43.8 Å². The summed E-state index contributed by atoms with van der Waals surface area (Å²) in [4.78, 5) is 33.2. The molecule has 3 aromatic heterocycles. The highest BCUT2D eigenvalue weighted by Gasteiger charge is 2.25. The lowest BCUT2D eigenvalue weighted by atomic mass is 10.0. The van der Waals surface area contributed by atoms with Crippen molar-refractivity contribution in [1.82, 2.24) is 19.9 Å². The van der Waals surface area contributed by atoms with Crippen LogP contribution in [-0.4, -0.2) is 70.2 Å². The number of hydrogen-bond donors (Lipinski definition) is 2. The number of carbonyl (C=O) groups excluding carboxylic acids is 1. The fourth-order valence-corrected chi connectivity index (χ4v) is 5.19. The molecule has 1 aliphatic heterocycles. The predicted molar refractivity (Wildman–Crippen MR) is 136 cm³/mol. The highest BCUT2D eigenvalue weighted by Crippen LogP contribution is 2.32. The number of thiophene rings is 1. The number of rotatable bonds is 6. The van der Waals surface area contributed by atoms with Gasteiger partial charge >= 0.3 is 0 Å². The van der Waals surface area contributed by atoms with E-state index < -0.39 is 0 Å². The van der Waals surface area contributed by atoms with Crippen molar-refractivity contribution in [1.29, 1.82) is 0 Å². The van der Waals surface area contributed by atoms with Gasteiger partial charge in [-0.1, -0.05) is 18.2 Å². The van der Waals surface area contributed by atoms with Gasteiger partial charge in [-0.3, -0.25) is 9.78 Å². The van der Waals surface area contributed by atoms with E-state index >= 15 is 0 Å². The van der Waals surface area contributed by atoms with Crippen molar-refractivity contribution in [3.63, 3.8) is 0 Å². The fourth-order valence-electron chi connectivity index (χ4n) is 4.31. The first-order chi connectivity index (χ1) is 16.6. The molecule has 0 saturated carbocycles. The molecule has 1 aliphatic carbocycles. The molecule has 4 heterocycles. The van der Waals surface area contributed by atoms with Crippen LogP contribution in [0.1, 0.15) is 33.8 Å². The van der Waals surface area contributed by atoms with Gasteiger partial charge in [-0.05, 0) is 43.5 Å². The molecular weight excluding hydrogens is 448 g/mol. The number of allylic oxidation sites excluding steroid dienone is 4. The van der Waals surface area contributed by atoms with Crippen molar-refractivity contribution in [2.75, 3.05) is 49.5 Å². The molecule has 0 atom stereocenters. The third-order valence-corrected chi connectivity index (χ3v) is 7.00. The number of aromatic nitrogens is 3. The molecule has 1 saturated heterocycles. The van der Waals surface area contributed by atoms with Crippen LogP contribution in [-0.2, 0) is 0 Å². The lowest BCUT2D eigenvalue weighted by molar-refractivity contribution is 0.0746. The summed E-state index contributed by atoms with van der Waals surface area (Å²) in [6.45, 7) is 5.09. The van der Waals surface area contributed by atoms with Crippen LogP contribution in [0.4, 0.5) is 11.8 Å². The Morgan fingerprint density at radius 3 is 2.74 bits per heavy atom. The minimum atomic E-state index is 0.0105. The van der Waals surface area contributed by atoms with Gasteiger partial charge in [0.2, 0.25) is 5.95 Å². The lowest BCUT2D eigenvalue weighted by Gasteiger charge is -2.35. The predicted octanol–water partition coefficient (Wildman–Crippen LogP) is 3.49. The Morgan fingerprint density at radius 2 is 2.03 bits per heavy atom. The van der Waals surface area contributed by atoms with Crippen molar-refractivity contribution < 1.29 is 9.90 Å². The van der Waals surface area contributed by atoms with E-state index in [1.54, 1.807) is 17.5 Å². The number of fused-ring (bicyclic) bond motifs is 1. The number of nitrogens with zero attached hydrogens (tertiary/aromatic N) is 5. The van der Waals surface area contributed by atoms with Crippen LogP contribution in [0.15, 0.2) is 42.6 Å². The molecule has 5 rings (SSSR count). The molecule has 0 unspecified atom stereocenters. The molecule has 1 amide bonds. The second kappa shape index (κ2) is 9.90. The summed E-state index contributed by atoms with van der Waals surface area (Å²) < 4.78 is 0. The molecule has 34 heavy (non-hydrogen) atoms. The number of aliphatic hydroxyl groups excluding tert-OH is 1. The van der Waals surface area contributed by atoms with E-state index in [2.05, 4.69) is 51.4 Å². The van der Waals surface area contributed by atoms with E-state index in [1.165, 1.54) is 4.88 Å². The van der Waals surface area contributed by atoms with Gasteiger partial charge in [0.05, 0.1) is 23.3 Å². The molecule has 9 heteroatoms. The van der Waals surface area contributed by atoms with Gasteiger partial charge in [0.25, 0.3) is 5.91 Å². The number of aliphatic hydroxyl groups is 1. The third kappa shape index (κ3) is 4.67. The van der Waals surface area contributed by atoms with Crippen LogP contribution >= 0.6 is 11.3 Å². The van der Waals surface area contributed by atoms with E-state index in [0.717, 1.165) is 40.1 Å². The van der Waals surface area contributed by atoms with Crippen LogP contribution < -0.4 is 10.2 Å². The molecular formula is C25H28N6O2S. The number of piperazine rings is 1. The Bertz CT molecular complexity index is 1240. The van der Waals surface area contributed by atoms with Crippen molar-refractivity contribution in [3.05, 3.63) is 58.8 Å². The van der Waals surface area contributed by atoms with Crippen molar-refractivity contribution in [2.45, 2.75) is 19.8 Å². The van der Waals surface area contributed by atoms with Gasteiger partial charge in [-0.2, -0.15) is 4.98 Å². The molecule has 0 bridgehead atoms. The molecule has 0 spiro atoms. The zero-order valence-electron chi connectivity index (χ0n) is 19.2. The van der Waals surface area contributed by atoms with E-state index in [4.69, 9.17) is 10.1 Å². The Hall–Kier alpha value is -3.30. The highest BCUT2D eigenvalue weighted by molar-refractivity contribution is 7.18. The molecule has 176 valence electrons. The molecule has 3 aromatic rings. The number of carbonyl (C=O) groups is 1. The number of hydrogen-bond acceptors (Lipinski definition) is 8. The van der Waals surface area contributed by atoms with Crippen LogP contribution in [0.5, 0.6) is 0 Å². The first-order valence-electron chi connectivity index (χ1n) is 11.6. The molecule has 8 nitrogen and oxygen atoms in total. The van der Waals surface area contributed by atoms with E-state index in [-0.39, 0.29) is 12.5 Å². The van der Waals surface area contributed by atoms with Crippen molar-refractivity contribution in [2.24, 2.45) is 0 Å². The summed E-state index contributed by atoms with van der Waals surface area (Å²) in [5.41, 5.74) is 2.64. The Balaban J connectivity index is 1.28. The van der Waals surface area contributed by atoms with Crippen LogP contribution in [0, 0.1) is 6.92 Å². The summed E-state index contributed by atoms with van der Waals surface area (Å²) in [7, 11) is 0.